The summed E-state index contributed by atoms with van der Waals surface area (Å²) in [4.78, 5) is 2.56. The van der Waals surface area contributed by atoms with E-state index in [0.717, 1.165) is 19.4 Å². The van der Waals surface area contributed by atoms with E-state index in [1.165, 1.54) is 32.4 Å². The highest BCUT2D eigenvalue weighted by atomic mass is 15.1. The summed E-state index contributed by atoms with van der Waals surface area (Å²) < 4.78 is 0. The molecule has 2 heteroatoms. The van der Waals surface area contributed by atoms with Gasteiger partial charge in [-0.25, -0.2) is 0 Å². The van der Waals surface area contributed by atoms with Crippen molar-refractivity contribution in [1.82, 2.24) is 4.90 Å². The molecule has 1 saturated heterocycles. The van der Waals surface area contributed by atoms with Crippen LogP contribution in [0.2, 0.25) is 0 Å². The van der Waals surface area contributed by atoms with Crippen molar-refractivity contribution >= 4 is 0 Å². The van der Waals surface area contributed by atoms with Gasteiger partial charge in [-0.15, -0.1) is 0 Å². The molecule has 2 N–H and O–H groups in total. The number of hydrogen-bond acceptors (Lipinski definition) is 2. The zero-order chi connectivity index (χ0) is 11.4. The molecule has 2 rings (SSSR count). The Hall–Kier alpha value is -0.600. The molecule has 1 aliphatic carbocycles. The Morgan fingerprint density at radius 2 is 2.06 bits per heavy atom. The fourth-order valence-corrected chi connectivity index (χ4v) is 2.55. The van der Waals surface area contributed by atoms with Crippen LogP contribution in [-0.4, -0.2) is 30.6 Å². The minimum Gasteiger partial charge on any atom is -0.328 e. The zero-order valence-electron chi connectivity index (χ0n) is 10.4. The average Bonchev–Trinajstić information content (AvgIpc) is 2.35. The Balaban J connectivity index is 1.82. The summed E-state index contributed by atoms with van der Waals surface area (Å²) in [6.45, 7) is 5.72. The lowest BCUT2D eigenvalue weighted by Gasteiger charge is -2.32. The van der Waals surface area contributed by atoms with Crippen molar-refractivity contribution in [3.05, 3.63) is 23.3 Å². The van der Waals surface area contributed by atoms with Gasteiger partial charge in [0.1, 0.15) is 0 Å². The highest BCUT2D eigenvalue weighted by Gasteiger charge is 2.19. The van der Waals surface area contributed by atoms with Gasteiger partial charge in [0.15, 0.2) is 0 Å². The number of hydrogen-bond donors (Lipinski definition) is 1. The predicted molar refractivity (Wildman–Crippen MR) is 69.3 cm³/mol. The van der Waals surface area contributed by atoms with Crippen molar-refractivity contribution in [2.45, 2.75) is 45.1 Å². The summed E-state index contributed by atoms with van der Waals surface area (Å²) in [5.74, 6) is 0. The third kappa shape index (κ3) is 2.96. The molecule has 0 aromatic carbocycles. The van der Waals surface area contributed by atoms with Crippen LogP contribution in [0.5, 0.6) is 0 Å². The van der Waals surface area contributed by atoms with E-state index in [-0.39, 0.29) is 0 Å². The van der Waals surface area contributed by atoms with Gasteiger partial charge in [-0.1, -0.05) is 19.1 Å². The quantitative estimate of drug-likeness (QED) is 0.788. The third-order valence-corrected chi connectivity index (χ3v) is 3.79. The molecule has 1 fully saturated rings. The molecule has 1 atom stereocenters. The summed E-state index contributed by atoms with van der Waals surface area (Å²) in [6, 6.07) is 0.386. The normalized spacial score (nSPS) is 23.4. The van der Waals surface area contributed by atoms with Crippen molar-refractivity contribution in [3.8, 4) is 0 Å². The van der Waals surface area contributed by atoms with E-state index in [0.29, 0.717) is 6.04 Å². The van der Waals surface area contributed by atoms with E-state index in [2.05, 4.69) is 24.0 Å². The van der Waals surface area contributed by atoms with Gasteiger partial charge >= 0.3 is 0 Å². The lowest BCUT2D eigenvalue weighted by molar-refractivity contribution is 0.271. The zero-order valence-corrected chi connectivity index (χ0v) is 10.4. The molecule has 0 amide bonds. The van der Waals surface area contributed by atoms with E-state index < -0.39 is 0 Å². The largest absolute Gasteiger partial charge is 0.328 e. The second-order valence-corrected chi connectivity index (χ2v) is 5.02. The van der Waals surface area contributed by atoms with Crippen LogP contribution in [0.1, 0.15) is 39.0 Å². The van der Waals surface area contributed by atoms with Gasteiger partial charge in [0.2, 0.25) is 0 Å². The van der Waals surface area contributed by atoms with Crippen molar-refractivity contribution in [2.24, 2.45) is 5.73 Å². The number of nitrogens with two attached hydrogens (primary N) is 1. The topological polar surface area (TPSA) is 29.3 Å². The number of nitrogens with zero attached hydrogens (tertiary/aromatic N) is 1. The first-order chi connectivity index (χ1) is 7.79. The molecule has 0 bridgehead atoms. The van der Waals surface area contributed by atoms with E-state index in [1.807, 2.05) is 0 Å². The molecule has 0 aromatic rings. The lowest BCUT2D eigenvalue weighted by atomic mass is 9.91. The van der Waals surface area contributed by atoms with E-state index in [4.69, 9.17) is 5.73 Å². The number of fused-ring (bicyclic) bond motifs is 1. The SMILES string of the molecule is CCC(N)CCN1CCC2=CCCC=C2C1. The maximum atomic E-state index is 5.97. The fraction of sp³-hybridized carbons (Fsp3) is 0.714. The van der Waals surface area contributed by atoms with Crippen LogP contribution in [0.4, 0.5) is 0 Å². The molecule has 2 nitrogen and oxygen atoms in total. The fourth-order valence-electron chi connectivity index (χ4n) is 2.55. The molecule has 1 unspecified atom stereocenters. The first kappa shape index (κ1) is 11.9. The number of allylic oxidation sites excluding steroid dienone is 2. The summed E-state index contributed by atoms with van der Waals surface area (Å²) >= 11 is 0. The monoisotopic (exact) mass is 220 g/mol. The van der Waals surface area contributed by atoms with Gasteiger partial charge in [0, 0.05) is 19.1 Å². The highest BCUT2D eigenvalue weighted by molar-refractivity contribution is 5.36. The molecule has 90 valence electrons. The highest BCUT2D eigenvalue weighted by Crippen LogP contribution is 2.26. The molecule has 1 heterocycles. The number of rotatable bonds is 4. The molecular formula is C14H24N2. The molecule has 0 saturated carbocycles. The molecular weight excluding hydrogens is 196 g/mol. The van der Waals surface area contributed by atoms with Gasteiger partial charge in [-0.05, 0) is 49.8 Å². The van der Waals surface area contributed by atoms with Crippen LogP contribution in [0.3, 0.4) is 0 Å². The molecule has 0 aromatic heterocycles. The number of piperidine rings is 1. The maximum Gasteiger partial charge on any atom is 0.0233 e. The summed E-state index contributed by atoms with van der Waals surface area (Å²) in [6.07, 6.45) is 10.8. The minimum atomic E-state index is 0.386. The molecule has 2 aliphatic rings. The molecule has 16 heavy (non-hydrogen) atoms. The van der Waals surface area contributed by atoms with Crippen molar-refractivity contribution < 1.29 is 0 Å². The van der Waals surface area contributed by atoms with Gasteiger partial charge in [0.25, 0.3) is 0 Å². The van der Waals surface area contributed by atoms with Gasteiger partial charge in [0.05, 0.1) is 0 Å². The second kappa shape index (κ2) is 5.65. The Labute approximate surface area is 99.2 Å². The second-order valence-electron chi connectivity index (χ2n) is 5.02. The third-order valence-electron chi connectivity index (χ3n) is 3.79. The standard InChI is InChI=1S/C14H24N2/c1-2-14(15)8-10-16-9-7-12-5-3-4-6-13(12)11-16/h5-6,14H,2-4,7-11,15H2,1H3. The van der Waals surface area contributed by atoms with Gasteiger partial charge < -0.3 is 5.73 Å². The van der Waals surface area contributed by atoms with E-state index >= 15 is 0 Å². The van der Waals surface area contributed by atoms with Crippen LogP contribution in [0, 0.1) is 0 Å². The number of likely N-dealkylation sites (tertiary alicyclic amines) is 1. The van der Waals surface area contributed by atoms with Gasteiger partial charge in [-0.3, -0.25) is 4.90 Å². The summed E-state index contributed by atoms with van der Waals surface area (Å²) in [7, 11) is 0. The Kier molecular flexibility index (Phi) is 4.19. The molecule has 0 radical (unpaired) electrons. The Bertz CT molecular complexity index is 291. The van der Waals surface area contributed by atoms with Crippen molar-refractivity contribution in [1.29, 1.82) is 0 Å². The Morgan fingerprint density at radius 3 is 2.81 bits per heavy atom. The molecule has 0 spiro atoms. The average molecular weight is 220 g/mol. The molecule has 1 aliphatic heterocycles. The van der Waals surface area contributed by atoms with Gasteiger partial charge in [-0.2, -0.15) is 0 Å². The van der Waals surface area contributed by atoms with Crippen LogP contribution in [0.25, 0.3) is 0 Å². The summed E-state index contributed by atoms with van der Waals surface area (Å²) in [5.41, 5.74) is 9.17. The van der Waals surface area contributed by atoms with Crippen LogP contribution >= 0.6 is 0 Å². The van der Waals surface area contributed by atoms with Crippen LogP contribution in [-0.2, 0) is 0 Å². The Morgan fingerprint density at radius 1 is 1.31 bits per heavy atom. The van der Waals surface area contributed by atoms with Crippen molar-refractivity contribution in [3.63, 3.8) is 0 Å². The van der Waals surface area contributed by atoms with Crippen LogP contribution < -0.4 is 5.73 Å². The van der Waals surface area contributed by atoms with Crippen LogP contribution in [0.15, 0.2) is 23.3 Å². The predicted octanol–water partition coefficient (Wildman–Crippen LogP) is 2.47. The first-order valence-corrected chi connectivity index (χ1v) is 6.66. The summed E-state index contributed by atoms with van der Waals surface area (Å²) in [5, 5.41) is 0. The maximum absolute atomic E-state index is 5.97. The minimum absolute atomic E-state index is 0.386. The first-order valence-electron chi connectivity index (χ1n) is 6.66. The smallest absolute Gasteiger partial charge is 0.0233 e. The van der Waals surface area contributed by atoms with E-state index in [1.54, 1.807) is 11.1 Å². The lowest BCUT2D eigenvalue weighted by Crippen LogP contribution is -2.36. The van der Waals surface area contributed by atoms with E-state index in [9.17, 15) is 0 Å². The van der Waals surface area contributed by atoms with Crippen molar-refractivity contribution in [2.75, 3.05) is 19.6 Å².